The molecule has 0 aliphatic heterocycles. The minimum atomic E-state index is 1.08. The molecule has 2 aliphatic rings. The molecule has 0 atom stereocenters. The summed E-state index contributed by atoms with van der Waals surface area (Å²) in [6.45, 7) is 0. The Bertz CT molecular complexity index is 2070. The Morgan fingerprint density at radius 3 is 1.76 bits per heavy atom. The van der Waals surface area contributed by atoms with Gasteiger partial charge in [-0.05, 0) is 127 Å². The predicted molar refractivity (Wildman–Crippen MR) is 183 cm³/mol. The second-order valence-corrected chi connectivity index (χ2v) is 11.5. The summed E-state index contributed by atoms with van der Waals surface area (Å²) in [4.78, 5) is 0. The highest BCUT2D eigenvalue weighted by Crippen LogP contribution is 2.45. The van der Waals surface area contributed by atoms with Crippen molar-refractivity contribution < 1.29 is 0 Å². The zero-order chi connectivity index (χ0) is 27.9. The van der Waals surface area contributed by atoms with Gasteiger partial charge < -0.3 is 0 Å². The van der Waals surface area contributed by atoms with Gasteiger partial charge in [-0.1, -0.05) is 121 Å². The molecule has 0 nitrogen and oxygen atoms in total. The molecule has 0 bridgehead atoms. The molecule has 0 radical (unpaired) electrons. The number of rotatable bonds is 4. The van der Waals surface area contributed by atoms with E-state index in [0.717, 1.165) is 25.7 Å². The Balaban J connectivity index is 1.44. The molecule has 0 saturated heterocycles. The molecule has 200 valence electrons. The predicted octanol–water partition coefficient (Wildman–Crippen LogP) is 11.9. The second-order valence-electron chi connectivity index (χ2n) is 11.5. The van der Waals surface area contributed by atoms with Crippen molar-refractivity contribution in [3.8, 4) is 22.3 Å². The van der Waals surface area contributed by atoms with Crippen molar-refractivity contribution in [3.63, 3.8) is 0 Å². The largest absolute Gasteiger partial charge is 0.0842 e. The van der Waals surface area contributed by atoms with Crippen molar-refractivity contribution in [1.82, 2.24) is 0 Å². The third kappa shape index (κ3) is 4.32. The molecule has 0 spiro atoms. The van der Waals surface area contributed by atoms with Gasteiger partial charge in [0.15, 0.2) is 0 Å². The van der Waals surface area contributed by atoms with Crippen molar-refractivity contribution in [3.05, 3.63) is 157 Å². The van der Waals surface area contributed by atoms with Gasteiger partial charge in [0, 0.05) is 0 Å². The minimum absolute atomic E-state index is 1.08. The summed E-state index contributed by atoms with van der Waals surface area (Å²) in [5, 5.41) is 7.73. The lowest BCUT2D eigenvalue weighted by atomic mass is 9.83. The van der Waals surface area contributed by atoms with E-state index in [-0.39, 0.29) is 0 Å². The molecule has 0 N–H and O–H groups in total. The average Bonchev–Trinajstić information content (AvgIpc) is 3.07. The van der Waals surface area contributed by atoms with Gasteiger partial charge in [-0.25, -0.2) is 0 Å². The van der Waals surface area contributed by atoms with E-state index in [1.54, 1.807) is 0 Å². The smallest absolute Gasteiger partial charge is 0.00259 e. The van der Waals surface area contributed by atoms with Crippen LogP contribution in [0, 0.1) is 0 Å². The Morgan fingerprint density at radius 1 is 0.452 bits per heavy atom. The maximum absolute atomic E-state index is 2.44. The topological polar surface area (TPSA) is 0 Å². The monoisotopic (exact) mass is 536 g/mol. The Labute approximate surface area is 247 Å². The van der Waals surface area contributed by atoms with E-state index in [2.05, 4.69) is 146 Å². The third-order valence-electron chi connectivity index (χ3n) is 8.90. The number of hydrogen-bond donors (Lipinski definition) is 0. The van der Waals surface area contributed by atoms with E-state index in [1.165, 1.54) is 76.8 Å². The third-order valence-corrected chi connectivity index (χ3v) is 8.90. The van der Waals surface area contributed by atoms with Crippen LogP contribution in [0.2, 0.25) is 0 Å². The first-order valence-corrected chi connectivity index (χ1v) is 15.1. The maximum Gasteiger partial charge on any atom is -0.00259 e. The molecule has 0 fully saturated rings. The molecule has 0 amide bonds. The summed E-state index contributed by atoms with van der Waals surface area (Å²) in [5.41, 5.74) is 10.6. The van der Waals surface area contributed by atoms with Crippen molar-refractivity contribution in [2.75, 3.05) is 0 Å². The van der Waals surface area contributed by atoms with Crippen LogP contribution < -0.4 is 0 Å². The average molecular weight is 537 g/mol. The van der Waals surface area contributed by atoms with Gasteiger partial charge in [0.2, 0.25) is 0 Å². The van der Waals surface area contributed by atoms with Gasteiger partial charge in [-0.2, -0.15) is 0 Å². The Morgan fingerprint density at radius 2 is 1.10 bits per heavy atom. The summed E-state index contributed by atoms with van der Waals surface area (Å²) >= 11 is 0. The van der Waals surface area contributed by atoms with Crippen LogP contribution in [0.4, 0.5) is 0 Å². The SMILES string of the molecule is C1=CCCC(c2cc(C3=CCCC=C3)cc(-c3c4ccccc4c(-c4ccc5ccccc5c4)c4ccccc34)c2)=C1. The zero-order valence-corrected chi connectivity index (χ0v) is 23.7. The van der Waals surface area contributed by atoms with Crippen LogP contribution in [0.1, 0.15) is 36.8 Å². The molecule has 6 aromatic rings. The first-order chi connectivity index (χ1) is 20.8. The highest BCUT2D eigenvalue weighted by Gasteiger charge is 2.19. The van der Waals surface area contributed by atoms with Crippen LogP contribution >= 0.6 is 0 Å². The highest BCUT2D eigenvalue weighted by atomic mass is 14.2. The standard InChI is InChI=1S/C42H32/c1-3-13-29(14-4-1)34-26-35(30-15-5-2-6-16-30)28-36(27-34)42-39-21-11-9-19-37(39)41(38-20-10-12-22-40(38)42)33-24-23-31-17-7-8-18-32(31)25-33/h1,3,5,7-13,15-28H,2,4,6,14H2. The second kappa shape index (κ2) is 10.5. The van der Waals surface area contributed by atoms with E-state index in [1.807, 2.05) is 0 Å². The molecular formula is C42H32. The van der Waals surface area contributed by atoms with Crippen molar-refractivity contribution in [2.45, 2.75) is 25.7 Å². The number of benzene rings is 6. The molecular weight excluding hydrogens is 504 g/mol. The molecule has 42 heavy (non-hydrogen) atoms. The number of fused-ring (bicyclic) bond motifs is 3. The number of allylic oxidation sites excluding steroid dienone is 8. The van der Waals surface area contributed by atoms with Crippen LogP contribution in [-0.4, -0.2) is 0 Å². The van der Waals surface area contributed by atoms with Crippen LogP contribution in [0.25, 0.3) is 65.7 Å². The maximum atomic E-state index is 2.44. The van der Waals surface area contributed by atoms with E-state index < -0.39 is 0 Å². The Kier molecular flexibility index (Phi) is 6.19. The van der Waals surface area contributed by atoms with Gasteiger partial charge >= 0.3 is 0 Å². The first-order valence-electron chi connectivity index (χ1n) is 15.1. The molecule has 0 heterocycles. The molecule has 2 aliphatic carbocycles. The summed E-state index contributed by atoms with van der Waals surface area (Å²) in [6, 6.07) is 40.8. The quantitative estimate of drug-likeness (QED) is 0.197. The van der Waals surface area contributed by atoms with Gasteiger partial charge in [-0.3, -0.25) is 0 Å². The van der Waals surface area contributed by atoms with Crippen molar-refractivity contribution in [1.29, 1.82) is 0 Å². The van der Waals surface area contributed by atoms with E-state index in [4.69, 9.17) is 0 Å². The van der Waals surface area contributed by atoms with Crippen molar-refractivity contribution >= 4 is 43.5 Å². The van der Waals surface area contributed by atoms with Gasteiger partial charge in [-0.15, -0.1) is 0 Å². The molecule has 6 aromatic carbocycles. The molecule has 0 heteroatoms. The van der Waals surface area contributed by atoms with E-state index in [0.29, 0.717) is 0 Å². The zero-order valence-electron chi connectivity index (χ0n) is 23.7. The van der Waals surface area contributed by atoms with Gasteiger partial charge in [0.25, 0.3) is 0 Å². The molecule has 0 unspecified atom stereocenters. The fourth-order valence-electron chi connectivity index (χ4n) is 6.89. The highest BCUT2D eigenvalue weighted by molar-refractivity contribution is 6.22. The molecule has 0 saturated carbocycles. The summed E-state index contributed by atoms with van der Waals surface area (Å²) in [7, 11) is 0. The minimum Gasteiger partial charge on any atom is -0.0842 e. The Hall–Kier alpha value is -4.94. The molecule has 8 rings (SSSR count). The van der Waals surface area contributed by atoms with Crippen molar-refractivity contribution in [2.24, 2.45) is 0 Å². The van der Waals surface area contributed by atoms with Crippen LogP contribution in [0.5, 0.6) is 0 Å². The van der Waals surface area contributed by atoms with Gasteiger partial charge in [0.05, 0.1) is 0 Å². The molecule has 0 aromatic heterocycles. The summed E-state index contributed by atoms with van der Waals surface area (Å²) in [5.74, 6) is 0. The van der Waals surface area contributed by atoms with Crippen LogP contribution in [0.3, 0.4) is 0 Å². The van der Waals surface area contributed by atoms with Crippen LogP contribution in [0.15, 0.2) is 146 Å². The lowest BCUT2D eigenvalue weighted by Crippen LogP contribution is -1.96. The fourth-order valence-corrected chi connectivity index (χ4v) is 6.89. The van der Waals surface area contributed by atoms with Crippen LogP contribution in [-0.2, 0) is 0 Å². The fraction of sp³-hybridized carbons (Fsp3) is 0.0952. The first kappa shape index (κ1) is 24.8. The van der Waals surface area contributed by atoms with Gasteiger partial charge in [0.1, 0.15) is 0 Å². The van der Waals surface area contributed by atoms with E-state index >= 15 is 0 Å². The number of hydrogen-bond acceptors (Lipinski definition) is 0. The lowest BCUT2D eigenvalue weighted by Gasteiger charge is -2.20. The summed E-state index contributed by atoms with van der Waals surface area (Å²) in [6.07, 6.45) is 18.2. The van der Waals surface area contributed by atoms with E-state index in [9.17, 15) is 0 Å². The lowest BCUT2D eigenvalue weighted by molar-refractivity contribution is 1.04. The normalized spacial score (nSPS) is 14.9. The summed E-state index contributed by atoms with van der Waals surface area (Å²) < 4.78 is 0.